The second-order valence-electron chi connectivity index (χ2n) is 8.38. The fourth-order valence-corrected chi connectivity index (χ4v) is 3.02. The van der Waals surface area contributed by atoms with Gasteiger partial charge in [0.05, 0.1) is 0 Å². The van der Waals surface area contributed by atoms with Crippen LogP contribution in [0.15, 0.2) is 35.1 Å². The summed E-state index contributed by atoms with van der Waals surface area (Å²) in [5.41, 5.74) is 1.31. The van der Waals surface area contributed by atoms with Crippen LogP contribution in [0, 0.1) is 5.41 Å². The summed E-state index contributed by atoms with van der Waals surface area (Å²) in [4.78, 5) is 23.5. The van der Waals surface area contributed by atoms with Crippen LogP contribution in [0.2, 0.25) is 0 Å². The lowest BCUT2D eigenvalue weighted by atomic mass is 9.86. The molecule has 9 heteroatoms. The van der Waals surface area contributed by atoms with E-state index in [1.807, 2.05) is 45.0 Å². The Morgan fingerprint density at radius 3 is 2.60 bits per heavy atom. The lowest BCUT2D eigenvalue weighted by Gasteiger charge is -2.28. The number of amides is 1. The summed E-state index contributed by atoms with van der Waals surface area (Å²) in [7, 11) is 2.06. The maximum Gasteiger partial charge on any atom is 0.251 e. The lowest BCUT2D eigenvalue weighted by molar-refractivity contribution is 0.0881. The molecule has 3 aromatic rings. The Balaban J connectivity index is 1.75. The Morgan fingerprint density at radius 2 is 2.00 bits per heavy atom. The third kappa shape index (κ3) is 5.03. The summed E-state index contributed by atoms with van der Waals surface area (Å²) in [5.74, 6) is 0.826. The molecule has 1 amide bonds. The van der Waals surface area contributed by atoms with Crippen molar-refractivity contribution in [2.75, 3.05) is 18.5 Å². The van der Waals surface area contributed by atoms with Crippen molar-refractivity contribution in [2.24, 2.45) is 5.41 Å². The van der Waals surface area contributed by atoms with E-state index in [9.17, 15) is 4.79 Å². The fourth-order valence-electron chi connectivity index (χ4n) is 3.02. The van der Waals surface area contributed by atoms with Crippen LogP contribution in [0.5, 0.6) is 0 Å². The molecule has 0 fully saturated rings. The average Bonchev–Trinajstić information content (AvgIpc) is 3.41. The first-order chi connectivity index (χ1) is 14.3. The van der Waals surface area contributed by atoms with Crippen molar-refractivity contribution in [2.45, 2.75) is 46.6 Å². The second-order valence-corrected chi connectivity index (χ2v) is 8.38. The van der Waals surface area contributed by atoms with Crippen LogP contribution in [0.4, 0.5) is 5.69 Å². The Hall–Kier alpha value is -3.23. The third-order valence-electron chi connectivity index (χ3n) is 4.87. The predicted octanol–water partition coefficient (Wildman–Crippen LogP) is 3.61. The van der Waals surface area contributed by atoms with Crippen molar-refractivity contribution in [1.82, 2.24) is 30.6 Å². The number of nitrogens with one attached hydrogen (secondary N) is 2. The van der Waals surface area contributed by atoms with Gasteiger partial charge in [0.15, 0.2) is 5.82 Å². The molecule has 1 atom stereocenters. The minimum atomic E-state index is -0.471. The van der Waals surface area contributed by atoms with Crippen LogP contribution >= 0.6 is 0 Å². The SMILES string of the molecule is CCCCN(C)c1ccc(C(=O)N[C@@H](c2nc(-c3ncn[nH]3)no2)C(C)(C)C)cc1. The van der Waals surface area contributed by atoms with Gasteiger partial charge in [-0.1, -0.05) is 39.3 Å². The molecule has 160 valence electrons. The third-order valence-corrected chi connectivity index (χ3v) is 4.87. The van der Waals surface area contributed by atoms with E-state index in [1.165, 1.54) is 6.33 Å². The number of carbonyl (C=O) groups is 1. The molecule has 3 rings (SSSR count). The van der Waals surface area contributed by atoms with Gasteiger partial charge in [0.1, 0.15) is 12.4 Å². The Morgan fingerprint density at radius 1 is 1.27 bits per heavy atom. The van der Waals surface area contributed by atoms with Gasteiger partial charge in [-0.2, -0.15) is 10.1 Å². The van der Waals surface area contributed by atoms with Crippen LogP contribution in [0.1, 0.15) is 62.8 Å². The summed E-state index contributed by atoms with van der Waals surface area (Å²) < 4.78 is 5.43. The average molecular weight is 412 g/mol. The summed E-state index contributed by atoms with van der Waals surface area (Å²) in [6, 6.07) is 7.12. The van der Waals surface area contributed by atoms with Gasteiger partial charge in [-0.15, -0.1) is 0 Å². The van der Waals surface area contributed by atoms with Crippen LogP contribution in [0.25, 0.3) is 11.6 Å². The zero-order valence-electron chi connectivity index (χ0n) is 18.1. The molecule has 9 nitrogen and oxygen atoms in total. The lowest BCUT2D eigenvalue weighted by Crippen LogP contribution is -2.37. The maximum absolute atomic E-state index is 12.9. The van der Waals surface area contributed by atoms with E-state index in [-0.39, 0.29) is 11.3 Å². The molecule has 0 saturated carbocycles. The number of unbranched alkanes of at least 4 members (excludes halogenated alkanes) is 1. The van der Waals surface area contributed by atoms with Gasteiger partial charge < -0.3 is 14.7 Å². The molecule has 2 N–H and O–H groups in total. The maximum atomic E-state index is 12.9. The first-order valence-corrected chi connectivity index (χ1v) is 10.1. The van der Waals surface area contributed by atoms with Gasteiger partial charge >= 0.3 is 0 Å². The summed E-state index contributed by atoms with van der Waals surface area (Å²) >= 11 is 0. The molecule has 0 radical (unpaired) electrons. The smallest absolute Gasteiger partial charge is 0.251 e. The first-order valence-electron chi connectivity index (χ1n) is 10.1. The molecule has 2 aromatic heterocycles. The number of hydrogen-bond acceptors (Lipinski definition) is 7. The molecule has 0 unspecified atom stereocenters. The van der Waals surface area contributed by atoms with Crippen molar-refractivity contribution in [3.05, 3.63) is 42.0 Å². The van der Waals surface area contributed by atoms with Gasteiger partial charge in [-0.25, -0.2) is 4.98 Å². The molecule has 0 spiro atoms. The summed E-state index contributed by atoms with van der Waals surface area (Å²) in [6.07, 6.45) is 3.65. The standard InChI is InChI=1S/C21H29N7O2/c1-6-7-12-28(5)15-10-8-14(9-11-15)19(29)24-16(21(2,3)4)20-25-18(27-30-20)17-22-13-23-26-17/h8-11,13,16H,6-7,12H2,1-5H3,(H,24,29)(H,22,23,26)/t16-/m0/s1. The minimum absolute atomic E-state index is 0.197. The zero-order chi connectivity index (χ0) is 21.7. The van der Waals surface area contributed by atoms with Gasteiger partial charge in [-0.05, 0) is 36.1 Å². The number of hydrogen-bond donors (Lipinski definition) is 2. The minimum Gasteiger partial charge on any atom is -0.375 e. The number of nitrogens with zero attached hydrogens (tertiary/aromatic N) is 5. The fraction of sp³-hybridized carbons (Fsp3) is 0.476. The molecule has 1 aromatic carbocycles. The molecule has 30 heavy (non-hydrogen) atoms. The number of aromatic nitrogens is 5. The summed E-state index contributed by atoms with van der Waals surface area (Å²) in [6.45, 7) is 9.16. The molecule has 0 aliphatic heterocycles. The van der Waals surface area contributed by atoms with Crippen LogP contribution < -0.4 is 10.2 Å². The number of anilines is 1. The number of aromatic amines is 1. The zero-order valence-corrected chi connectivity index (χ0v) is 18.1. The molecule has 0 saturated heterocycles. The van der Waals surface area contributed by atoms with E-state index < -0.39 is 6.04 Å². The van der Waals surface area contributed by atoms with Crippen molar-refractivity contribution < 1.29 is 9.32 Å². The quantitative estimate of drug-likeness (QED) is 0.582. The molecule has 2 heterocycles. The largest absolute Gasteiger partial charge is 0.375 e. The Labute approximate surface area is 176 Å². The number of rotatable bonds is 8. The molecular formula is C21H29N7O2. The van der Waals surface area contributed by atoms with Crippen molar-refractivity contribution in [3.8, 4) is 11.6 Å². The first kappa shape index (κ1) is 21.5. The monoisotopic (exact) mass is 411 g/mol. The van der Waals surface area contributed by atoms with Gasteiger partial charge in [0, 0.05) is 24.8 Å². The van der Waals surface area contributed by atoms with Gasteiger partial charge in [0.25, 0.3) is 5.91 Å². The van der Waals surface area contributed by atoms with Crippen LogP contribution in [-0.2, 0) is 0 Å². The normalized spacial score (nSPS) is 12.6. The summed E-state index contributed by atoms with van der Waals surface area (Å²) in [5, 5.41) is 13.5. The number of benzene rings is 1. The molecule has 0 bridgehead atoms. The van der Waals surface area contributed by atoms with E-state index in [2.05, 4.69) is 49.5 Å². The number of H-pyrrole nitrogens is 1. The van der Waals surface area contributed by atoms with Crippen molar-refractivity contribution in [3.63, 3.8) is 0 Å². The van der Waals surface area contributed by atoms with Gasteiger partial charge in [0.2, 0.25) is 11.7 Å². The predicted molar refractivity (Wildman–Crippen MR) is 114 cm³/mol. The van der Waals surface area contributed by atoms with Gasteiger partial charge in [-0.3, -0.25) is 9.89 Å². The highest BCUT2D eigenvalue weighted by Crippen LogP contribution is 2.33. The molecule has 0 aliphatic rings. The highest BCUT2D eigenvalue weighted by Gasteiger charge is 2.33. The highest BCUT2D eigenvalue weighted by molar-refractivity contribution is 5.94. The molecular weight excluding hydrogens is 382 g/mol. The number of carbonyl (C=O) groups excluding carboxylic acids is 1. The molecule has 0 aliphatic carbocycles. The van der Waals surface area contributed by atoms with E-state index in [1.54, 1.807) is 0 Å². The van der Waals surface area contributed by atoms with E-state index in [4.69, 9.17) is 4.52 Å². The highest BCUT2D eigenvalue weighted by atomic mass is 16.5. The van der Waals surface area contributed by atoms with Crippen LogP contribution in [0.3, 0.4) is 0 Å². The van der Waals surface area contributed by atoms with Crippen molar-refractivity contribution in [1.29, 1.82) is 0 Å². The van der Waals surface area contributed by atoms with E-state index >= 15 is 0 Å². The van der Waals surface area contributed by atoms with E-state index in [0.717, 1.165) is 25.1 Å². The van der Waals surface area contributed by atoms with Crippen molar-refractivity contribution >= 4 is 11.6 Å². The second kappa shape index (κ2) is 9.06. The van der Waals surface area contributed by atoms with E-state index in [0.29, 0.717) is 23.1 Å². The Bertz CT molecular complexity index is 943. The Kier molecular flexibility index (Phi) is 6.49. The van der Waals surface area contributed by atoms with Crippen LogP contribution in [-0.4, -0.2) is 44.8 Å². The topological polar surface area (TPSA) is 113 Å².